The summed E-state index contributed by atoms with van der Waals surface area (Å²) in [5.74, 6) is 0.714. The number of nitrogens with one attached hydrogen (secondary N) is 1. The van der Waals surface area contributed by atoms with Crippen LogP contribution in [0.5, 0.6) is 11.6 Å². The van der Waals surface area contributed by atoms with Crippen LogP contribution in [-0.2, 0) is 18.3 Å². The molecule has 122 valence electrons. The average Bonchev–Trinajstić information content (AvgIpc) is 2.95. The first-order chi connectivity index (χ1) is 11.6. The molecule has 7 heteroatoms. The average molecular weight is 343 g/mol. The highest BCUT2D eigenvalue weighted by atomic mass is 35.5. The summed E-state index contributed by atoms with van der Waals surface area (Å²) in [5, 5.41) is 7.34. The molecule has 0 bridgehead atoms. The SMILES string of the molecule is Cn1cc(CC(=O)Nc2ccnc(Oc3ccccc3Cl)c2)cn1. The Bertz CT molecular complexity index is 863. The maximum atomic E-state index is 12.1. The number of hydrogen-bond donors (Lipinski definition) is 1. The van der Waals surface area contributed by atoms with Gasteiger partial charge in [0.25, 0.3) is 0 Å². The largest absolute Gasteiger partial charge is 0.437 e. The van der Waals surface area contributed by atoms with Gasteiger partial charge < -0.3 is 10.1 Å². The molecule has 2 aromatic heterocycles. The Morgan fingerprint density at radius 2 is 2.17 bits per heavy atom. The number of carbonyl (C=O) groups is 1. The van der Waals surface area contributed by atoms with Crippen molar-refractivity contribution in [2.24, 2.45) is 7.05 Å². The Kier molecular flexibility index (Phi) is 4.77. The zero-order chi connectivity index (χ0) is 16.9. The number of para-hydroxylation sites is 1. The van der Waals surface area contributed by atoms with Crippen molar-refractivity contribution >= 4 is 23.2 Å². The van der Waals surface area contributed by atoms with Crippen LogP contribution >= 0.6 is 11.6 Å². The number of nitrogens with zero attached hydrogens (tertiary/aromatic N) is 3. The normalized spacial score (nSPS) is 10.4. The fourth-order valence-corrected chi connectivity index (χ4v) is 2.31. The first kappa shape index (κ1) is 16.0. The van der Waals surface area contributed by atoms with Gasteiger partial charge in [-0.2, -0.15) is 5.10 Å². The molecule has 2 heterocycles. The van der Waals surface area contributed by atoms with Crippen molar-refractivity contribution < 1.29 is 9.53 Å². The molecule has 0 spiro atoms. The third-order valence-electron chi connectivity index (χ3n) is 3.19. The van der Waals surface area contributed by atoms with E-state index in [-0.39, 0.29) is 12.3 Å². The molecule has 3 rings (SSSR count). The van der Waals surface area contributed by atoms with Crippen LogP contribution in [0.1, 0.15) is 5.56 Å². The Hall–Kier alpha value is -2.86. The molecular formula is C17H15ClN4O2. The van der Waals surface area contributed by atoms with Crippen LogP contribution in [0.2, 0.25) is 5.02 Å². The summed E-state index contributed by atoms with van der Waals surface area (Å²) in [7, 11) is 1.81. The minimum atomic E-state index is -0.141. The van der Waals surface area contributed by atoms with Gasteiger partial charge >= 0.3 is 0 Å². The Morgan fingerprint density at radius 3 is 2.92 bits per heavy atom. The first-order valence-corrected chi connectivity index (χ1v) is 7.64. The van der Waals surface area contributed by atoms with Crippen molar-refractivity contribution in [2.75, 3.05) is 5.32 Å². The second kappa shape index (κ2) is 7.14. The summed E-state index contributed by atoms with van der Waals surface area (Å²) in [4.78, 5) is 16.2. The summed E-state index contributed by atoms with van der Waals surface area (Å²) in [6.07, 6.45) is 5.28. The smallest absolute Gasteiger partial charge is 0.228 e. The monoisotopic (exact) mass is 342 g/mol. The standard InChI is InChI=1S/C17H15ClN4O2/c1-22-11-12(10-20-22)8-16(23)21-13-6-7-19-17(9-13)24-15-5-3-2-4-14(15)18/h2-7,9-11H,8H2,1H3,(H,19,21,23). The summed E-state index contributed by atoms with van der Waals surface area (Å²) in [6, 6.07) is 10.5. The molecule has 6 nitrogen and oxygen atoms in total. The Balaban J connectivity index is 1.66. The van der Waals surface area contributed by atoms with Gasteiger partial charge in [-0.3, -0.25) is 9.48 Å². The van der Waals surface area contributed by atoms with Crippen molar-refractivity contribution in [3.8, 4) is 11.6 Å². The predicted octanol–water partition coefficient (Wildman–Crippen LogP) is 3.44. The van der Waals surface area contributed by atoms with Crippen LogP contribution < -0.4 is 10.1 Å². The van der Waals surface area contributed by atoms with E-state index in [0.717, 1.165) is 5.56 Å². The molecule has 0 saturated heterocycles. The molecule has 0 unspecified atom stereocenters. The van der Waals surface area contributed by atoms with Gasteiger partial charge in [0, 0.05) is 31.2 Å². The molecule has 0 aliphatic carbocycles. The third kappa shape index (κ3) is 4.11. The lowest BCUT2D eigenvalue weighted by molar-refractivity contribution is -0.115. The minimum Gasteiger partial charge on any atom is -0.437 e. The molecule has 1 N–H and O–H groups in total. The minimum absolute atomic E-state index is 0.141. The van der Waals surface area contributed by atoms with Crippen LogP contribution in [0.25, 0.3) is 0 Å². The van der Waals surface area contributed by atoms with Gasteiger partial charge in [0.1, 0.15) is 5.75 Å². The van der Waals surface area contributed by atoms with E-state index in [4.69, 9.17) is 16.3 Å². The number of ether oxygens (including phenoxy) is 1. The van der Waals surface area contributed by atoms with Gasteiger partial charge in [-0.25, -0.2) is 4.98 Å². The van der Waals surface area contributed by atoms with E-state index < -0.39 is 0 Å². The summed E-state index contributed by atoms with van der Waals surface area (Å²) in [6.45, 7) is 0. The van der Waals surface area contributed by atoms with Crippen LogP contribution in [-0.4, -0.2) is 20.7 Å². The molecule has 0 radical (unpaired) electrons. The van der Waals surface area contributed by atoms with Crippen molar-refractivity contribution in [1.82, 2.24) is 14.8 Å². The lowest BCUT2D eigenvalue weighted by atomic mass is 10.2. The van der Waals surface area contributed by atoms with Gasteiger partial charge in [-0.15, -0.1) is 0 Å². The van der Waals surface area contributed by atoms with E-state index in [1.807, 2.05) is 19.2 Å². The van der Waals surface area contributed by atoms with Crippen molar-refractivity contribution in [2.45, 2.75) is 6.42 Å². The highest BCUT2D eigenvalue weighted by Gasteiger charge is 2.08. The van der Waals surface area contributed by atoms with Crippen molar-refractivity contribution in [3.05, 3.63) is 65.6 Å². The second-order valence-corrected chi connectivity index (χ2v) is 5.57. The van der Waals surface area contributed by atoms with Crippen molar-refractivity contribution in [1.29, 1.82) is 0 Å². The number of hydrogen-bond acceptors (Lipinski definition) is 4. The molecule has 0 aliphatic heterocycles. The second-order valence-electron chi connectivity index (χ2n) is 5.16. The summed E-state index contributed by atoms with van der Waals surface area (Å²) in [5.41, 5.74) is 1.44. The first-order valence-electron chi connectivity index (χ1n) is 7.26. The Labute approximate surface area is 144 Å². The molecule has 3 aromatic rings. The van der Waals surface area contributed by atoms with Crippen LogP contribution in [0.3, 0.4) is 0 Å². The van der Waals surface area contributed by atoms with E-state index in [2.05, 4.69) is 15.4 Å². The maximum Gasteiger partial charge on any atom is 0.228 e. The van der Waals surface area contributed by atoms with Crippen LogP contribution in [0.15, 0.2) is 55.0 Å². The molecule has 1 amide bonds. The number of carbonyl (C=O) groups excluding carboxylic acids is 1. The summed E-state index contributed by atoms with van der Waals surface area (Å²) < 4.78 is 7.30. The lowest BCUT2D eigenvalue weighted by Gasteiger charge is -2.08. The highest BCUT2D eigenvalue weighted by Crippen LogP contribution is 2.28. The molecule has 1 aromatic carbocycles. The van der Waals surface area contributed by atoms with Crippen molar-refractivity contribution in [3.63, 3.8) is 0 Å². The maximum absolute atomic E-state index is 12.1. The van der Waals surface area contributed by atoms with E-state index in [1.165, 1.54) is 0 Å². The number of aromatic nitrogens is 3. The van der Waals surface area contributed by atoms with Gasteiger partial charge in [0.05, 0.1) is 17.6 Å². The number of anilines is 1. The van der Waals surface area contributed by atoms with Crippen LogP contribution in [0, 0.1) is 0 Å². The van der Waals surface area contributed by atoms with Crippen LogP contribution in [0.4, 0.5) is 5.69 Å². The van der Waals surface area contributed by atoms with Gasteiger partial charge in [-0.05, 0) is 23.8 Å². The summed E-state index contributed by atoms with van der Waals surface area (Å²) >= 11 is 6.06. The molecule has 0 saturated carbocycles. The number of pyridine rings is 1. The topological polar surface area (TPSA) is 69.0 Å². The molecule has 0 aliphatic rings. The fraction of sp³-hybridized carbons (Fsp3) is 0.118. The number of aryl methyl sites for hydroxylation is 1. The molecular weight excluding hydrogens is 328 g/mol. The van der Waals surface area contributed by atoms with E-state index in [9.17, 15) is 4.79 Å². The van der Waals surface area contributed by atoms with Gasteiger partial charge in [0.2, 0.25) is 11.8 Å². The third-order valence-corrected chi connectivity index (χ3v) is 3.51. The zero-order valence-electron chi connectivity index (χ0n) is 12.9. The zero-order valence-corrected chi connectivity index (χ0v) is 13.7. The van der Waals surface area contributed by atoms with Gasteiger partial charge in [-0.1, -0.05) is 23.7 Å². The van der Waals surface area contributed by atoms with E-state index in [0.29, 0.717) is 22.3 Å². The fourth-order valence-electron chi connectivity index (χ4n) is 2.14. The number of rotatable bonds is 5. The number of benzene rings is 1. The molecule has 0 atom stereocenters. The quantitative estimate of drug-likeness (QED) is 0.771. The molecule has 24 heavy (non-hydrogen) atoms. The number of amides is 1. The highest BCUT2D eigenvalue weighted by molar-refractivity contribution is 6.32. The van der Waals surface area contributed by atoms with E-state index in [1.54, 1.807) is 47.5 Å². The number of halogens is 1. The molecule has 0 fully saturated rings. The van der Waals surface area contributed by atoms with E-state index >= 15 is 0 Å². The Morgan fingerprint density at radius 1 is 1.33 bits per heavy atom. The van der Waals surface area contributed by atoms with Gasteiger partial charge in [0.15, 0.2) is 0 Å². The predicted molar refractivity (Wildman–Crippen MR) is 91.3 cm³/mol. The lowest BCUT2D eigenvalue weighted by Crippen LogP contribution is -2.14.